The Morgan fingerprint density at radius 1 is 1.29 bits per heavy atom. The van der Waals surface area contributed by atoms with Crippen molar-refractivity contribution in [2.45, 2.75) is 52.1 Å². The Morgan fingerprint density at radius 2 is 2.00 bits per heavy atom. The normalized spacial score (nSPS) is 11.7. The highest BCUT2D eigenvalue weighted by atomic mass is 16.5. The topological polar surface area (TPSA) is 75.6 Å². The predicted molar refractivity (Wildman–Crippen MR) is 81.6 cm³/mol. The first-order valence-corrected chi connectivity index (χ1v) is 7.29. The summed E-state index contributed by atoms with van der Waals surface area (Å²) in [7, 11) is 0. The van der Waals surface area contributed by atoms with E-state index < -0.39 is 5.97 Å². The summed E-state index contributed by atoms with van der Waals surface area (Å²) in [5.74, 6) is -0.209. The third kappa shape index (κ3) is 7.34. The molecule has 0 aliphatic rings. The number of amides is 1. The van der Waals surface area contributed by atoms with Gasteiger partial charge in [-0.25, -0.2) is 0 Å². The number of carbonyl (C=O) groups excluding carboxylic acids is 1. The standard InChI is InChI=1S/C16H23NO4/c1-3-12(2)21-14-8-6-7-13(11-14)17-15(18)9-4-5-10-16(19)20/h6-8,11-12H,3-5,9-10H2,1-2H3,(H,17,18)(H,19,20). The van der Waals surface area contributed by atoms with E-state index in [-0.39, 0.29) is 18.4 Å². The van der Waals surface area contributed by atoms with Crippen LogP contribution in [-0.2, 0) is 9.59 Å². The predicted octanol–water partition coefficient (Wildman–Crippen LogP) is 3.45. The molecule has 1 unspecified atom stereocenters. The van der Waals surface area contributed by atoms with Crippen LogP contribution in [0.25, 0.3) is 0 Å². The first-order chi connectivity index (χ1) is 10.0. The number of hydrogen-bond donors (Lipinski definition) is 2. The van der Waals surface area contributed by atoms with Gasteiger partial charge in [0, 0.05) is 24.6 Å². The summed E-state index contributed by atoms with van der Waals surface area (Å²) >= 11 is 0. The molecule has 116 valence electrons. The number of rotatable bonds is 9. The summed E-state index contributed by atoms with van der Waals surface area (Å²) in [6, 6.07) is 7.28. The number of hydrogen-bond acceptors (Lipinski definition) is 3. The molecule has 1 aromatic carbocycles. The van der Waals surface area contributed by atoms with E-state index >= 15 is 0 Å². The van der Waals surface area contributed by atoms with Crippen molar-refractivity contribution in [3.05, 3.63) is 24.3 Å². The molecule has 0 bridgehead atoms. The molecular formula is C16H23NO4. The smallest absolute Gasteiger partial charge is 0.303 e. The fourth-order valence-corrected chi connectivity index (χ4v) is 1.75. The molecule has 21 heavy (non-hydrogen) atoms. The molecule has 0 heterocycles. The lowest BCUT2D eigenvalue weighted by Crippen LogP contribution is -2.12. The summed E-state index contributed by atoms with van der Waals surface area (Å²) < 4.78 is 5.69. The van der Waals surface area contributed by atoms with Crippen LogP contribution in [0, 0.1) is 0 Å². The van der Waals surface area contributed by atoms with Crippen LogP contribution in [0.2, 0.25) is 0 Å². The van der Waals surface area contributed by atoms with Gasteiger partial charge in [0.2, 0.25) is 5.91 Å². The van der Waals surface area contributed by atoms with Gasteiger partial charge in [-0.15, -0.1) is 0 Å². The number of unbranched alkanes of at least 4 members (excludes halogenated alkanes) is 1. The summed E-state index contributed by atoms with van der Waals surface area (Å²) in [5, 5.41) is 11.3. The van der Waals surface area contributed by atoms with Crippen LogP contribution in [0.4, 0.5) is 5.69 Å². The number of carbonyl (C=O) groups is 2. The van der Waals surface area contributed by atoms with Gasteiger partial charge in [0.25, 0.3) is 0 Å². The van der Waals surface area contributed by atoms with Crippen molar-refractivity contribution in [1.82, 2.24) is 0 Å². The molecule has 0 saturated carbocycles. The Hall–Kier alpha value is -2.04. The number of nitrogens with one attached hydrogen (secondary N) is 1. The van der Waals surface area contributed by atoms with Crippen LogP contribution in [0.3, 0.4) is 0 Å². The van der Waals surface area contributed by atoms with Crippen LogP contribution in [-0.4, -0.2) is 23.1 Å². The van der Waals surface area contributed by atoms with E-state index in [1.54, 1.807) is 12.1 Å². The van der Waals surface area contributed by atoms with Gasteiger partial charge in [-0.2, -0.15) is 0 Å². The maximum absolute atomic E-state index is 11.7. The molecule has 5 heteroatoms. The molecule has 1 aromatic rings. The summed E-state index contributed by atoms with van der Waals surface area (Å²) in [5.41, 5.74) is 0.694. The highest BCUT2D eigenvalue weighted by molar-refractivity contribution is 5.90. The van der Waals surface area contributed by atoms with Crippen LogP contribution in [0.15, 0.2) is 24.3 Å². The second-order valence-electron chi connectivity index (χ2n) is 5.01. The molecule has 2 N–H and O–H groups in total. The van der Waals surface area contributed by atoms with Gasteiger partial charge in [-0.3, -0.25) is 9.59 Å². The van der Waals surface area contributed by atoms with Crippen LogP contribution in [0.5, 0.6) is 5.75 Å². The van der Waals surface area contributed by atoms with Crippen molar-refractivity contribution in [3.8, 4) is 5.75 Å². The minimum atomic E-state index is -0.828. The number of ether oxygens (including phenoxy) is 1. The average molecular weight is 293 g/mol. The van der Waals surface area contributed by atoms with Crippen LogP contribution < -0.4 is 10.1 Å². The van der Waals surface area contributed by atoms with E-state index in [0.29, 0.717) is 24.9 Å². The van der Waals surface area contributed by atoms with E-state index in [0.717, 1.165) is 12.2 Å². The Morgan fingerprint density at radius 3 is 2.67 bits per heavy atom. The lowest BCUT2D eigenvalue weighted by molar-refractivity contribution is -0.137. The lowest BCUT2D eigenvalue weighted by Gasteiger charge is -2.13. The van der Waals surface area contributed by atoms with E-state index in [2.05, 4.69) is 5.32 Å². The third-order valence-electron chi connectivity index (χ3n) is 3.07. The zero-order valence-corrected chi connectivity index (χ0v) is 12.6. The molecule has 1 amide bonds. The maximum atomic E-state index is 11.7. The van der Waals surface area contributed by atoms with Gasteiger partial charge in [0.1, 0.15) is 5.75 Å². The maximum Gasteiger partial charge on any atom is 0.303 e. The van der Waals surface area contributed by atoms with Crippen molar-refractivity contribution in [1.29, 1.82) is 0 Å². The third-order valence-corrected chi connectivity index (χ3v) is 3.07. The zero-order chi connectivity index (χ0) is 15.7. The highest BCUT2D eigenvalue weighted by Gasteiger charge is 2.06. The second kappa shape index (κ2) is 9.00. The van der Waals surface area contributed by atoms with Crippen LogP contribution >= 0.6 is 0 Å². The highest BCUT2D eigenvalue weighted by Crippen LogP contribution is 2.19. The molecule has 5 nitrogen and oxygen atoms in total. The quantitative estimate of drug-likeness (QED) is 0.684. The van der Waals surface area contributed by atoms with Crippen molar-refractivity contribution < 1.29 is 19.4 Å². The monoisotopic (exact) mass is 293 g/mol. The minimum absolute atomic E-state index is 0.103. The minimum Gasteiger partial charge on any atom is -0.491 e. The van der Waals surface area contributed by atoms with E-state index in [1.165, 1.54) is 0 Å². The molecule has 0 aliphatic heterocycles. The fraction of sp³-hybridized carbons (Fsp3) is 0.500. The number of anilines is 1. The Labute approximate surface area is 125 Å². The average Bonchev–Trinajstić information content (AvgIpc) is 2.43. The first kappa shape index (κ1) is 17.0. The Kier molecular flexibility index (Phi) is 7.29. The molecule has 0 spiro atoms. The summed E-state index contributed by atoms with van der Waals surface area (Å²) in [4.78, 5) is 22.1. The van der Waals surface area contributed by atoms with Gasteiger partial charge in [-0.1, -0.05) is 13.0 Å². The van der Waals surface area contributed by atoms with Crippen molar-refractivity contribution in [3.63, 3.8) is 0 Å². The SMILES string of the molecule is CCC(C)Oc1cccc(NC(=O)CCCCC(=O)O)c1. The number of carboxylic acids is 1. The van der Waals surface area contributed by atoms with Crippen LogP contribution in [0.1, 0.15) is 46.0 Å². The van der Waals surface area contributed by atoms with Crippen molar-refractivity contribution in [2.75, 3.05) is 5.32 Å². The van der Waals surface area contributed by atoms with Gasteiger partial charge < -0.3 is 15.2 Å². The molecule has 0 aromatic heterocycles. The molecule has 0 radical (unpaired) electrons. The summed E-state index contributed by atoms with van der Waals surface area (Å²) in [6.07, 6.45) is 2.56. The van der Waals surface area contributed by atoms with E-state index in [4.69, 9.17) is 9.84 Å². The second-order valence-corrected chi connectivity index (χ2v) is 5.01. The van der Waals surface area contributed by atoms with Gasteiger partial charge >= 0.3 is 5.97 Å². The lowest BCUT2D eigenvalue weighted by atomic mass is 10.2. The van der Waals surface area contributed by atoms with E-state index in [1.807, 2.05) is 26.0 Å². The molecule has 1 rings (SSSR count). The van der Waals surface area contributed by atoms with Crippen molar-refractivity contribution >= 4 is 17.6 Å². The molecule has 0 saturated heterocycles. The molecule has 1 atom stereocenters. The zero-order valence-electron chi connectivity index (χ0n) is 12.6. The first-order valence-electron chi connectivity index (χ1n) is 7.29. The summed E-state index contributed by atoms with van der Waals surface area (Å²) in [6.45, 7) is 4.04. The van der Waals surface area contributed by atoms with Crippen molar-refractivity contribution in [2.24, 2.45) is 0 Å². The Balaban J connectivity index is 2.41. The number of benzene rings is 1. The molecule has 0 aliphatic carbocycles. The largest absolute Gasteiger partial charge is 0.491 e. The van der Waals surface area contributed by atoms with Gasteiger partial charge in [-0.05, 0) is 38.3 Å². The number of carboxylic acid groups (broad SMARTS) is 1. The fourth-order valence-electron chi connectivity index (χ4n) is 1.75. The number of aliphatic carboxylic acids is 1. The molecule has 0 fully saturated rings. The Bertz CT molecular complexity index is 473. The molecular weight excluding hydrogens is 270 g/mol. The van der Waals surface area contributed by atoms with Gasteiger partial charge in [0.15, 0.2) is 0 Å². The van der Waals surface area contributed by atoms with E-state index in [9.17, 15) is 9.59 Å². The van der Waals surface area contributed by atoms with Gasteiger partial charge in [0.05, 0.1) is 6.10 Å².